The molecule has 0 spiro atoms. The molecule has 0 bridgehead atoms. The third kappa shape index (κ3) is 3.21. The summed E-state index contributed by atoms with van der Waals surface area (Å²) in [4.78, 5) is 19.0. The summed E-state index contributed by atoms with van der Waals surface area (Å²) in [5, 5.41) is 0.912. The molecule has 0 unspecified atom stereocenters. The second kappa shape index (κ2) is 5.99. The SMILES string of the molecule is Cc1nc(CCN)sc1C(=O)N(C)Cc1ccco1. The van der Waals surface area contributed by atoms with Gasteiger partial charge < -0.3 is 15.1 Å². The zero-order valence-corrected chi connectivity index (χ0v) is 11.9. The summed E-state index contributed by atoms with van der Waals surface area (Å²) in [6.45, 7) is 2.85. The van der Waals surface area contributed by atoms with Crippen molar-refractivity contribution in [2.75, 3.05) is 13.6 Å². The summed E-state index contributed by atoms with van der Waals surface area (Å²) in [6.07, 6.45) is 2.31. The lowest BCUT2D eigenvalue weighted by Crippen LogP contribution is -2.25. The van der Waals surface area contributed by atoms with Gasteiger partial charge in [-0.15, -0.1) is 11.3 Å². The molecule has 2 aromatic rings. The van der Waals surface area contributed by atoms with E-state index in [2.05, 4.69) is 4.98 Å². The van der Waals surface area contributed by atoms with Crippen molar-refractivity contribution in [2.24, 2.45) is 5.73 Å². The summed E-state index contributed by atoms with van der Waals surface area (Å²) in [5.41, 5.74) is 6.27. The van der Waals surface area contributed by atoms with Crippen molar-refractivity contribution in [3.05, 3.63) is 39.7 Å². The molecule has 0 fully saturated rings. The van der Waals surface area contributed by atoms with Gasteiger partial charge in [0.05, 0.1) is 23.5 Å². The lowest BCUT2D eigenvalue weighted by atomic mass is 10.3. The summed E-state index contributed by atoms with van der Waals surface area (Å²) >= 11 is 1.42. The van der Waals surface area contributed by atoms with Crippen molar-refractivity contribution in [1.82, 2.24) is 9.88 Å². The molecule has 2 rings (SSSR count). The quantitative estimate of drug-likeness (QED) is 0.906. The predicted molar refractivity (Wildman–Crippen MR) is 74.1 cm³/mol. The molecule has 0 aliphatic rings. The van der Waals surface area contributed by atoms with E-state index in [1.165, 1.54) is 11.3 Å². The molecule has 19 heavy (non-hydrogen) atoms. The van der Waals surface area contributed by atoms with Gasteiger partial charge in [0.15, 0.2) is 0 Å². The maximum atomic E-state index is 12.3. The van der Waals surface area contributed by atoms with E-state index in [0.29, 0.717) is 24.4 Å². The Balaban J connectivity index is 2.10. The van der Waals surface area contributed by atoms with Crippen LogP contribution in [0, 0.1) is 6.92 Å². The topological polar surface area (TPSA) is 72.4 Å². The van der Waals surface area contributed by atoms with E-state index >= 15 is 0 Å². The van der Waals surface area contributed by atoms with Gasteiger partial charge >= 0.3 is 0 Å². The highest BCUT2D eigenvalue weighted by molar-refractivity contribution is 7.13. The van der Waals surface area contributed by atoms with Crippen molar-refractivity contribution >= 4 is 17.2 Å². The molecule has 0 saturated carbocycles. The molecular formula is C13H17N3O2S. The number of thiazole rings is 1. The van der Waals surface area contributed by atoms with Gasteiger partial charge in [0.25, 0.3) is 5.91 Å². The summed E-state index contributed by atoms with van der Waals surface area (Å²) in [6, 6.07) is 3.66. The molecule has 2 heterocycles. The molecular weight excluding hydrogens is 262 g/mol. The number of carbonyl (C=O) groups excluding carboxylic acids is 1. The summed E-state index contributed by atoms with van der Waals surface area (Å²) < 4.78 is 5.24. The smallest absolute Gasteiger partial charge is 0.266 e. The van der Waals surface area contributed by atoms with Crippen molar-refractivity contribution < 1.29 is 9.21 Å². The summed E-state index contributed by atoms with van der Waals surface area (Å²) in [5.74, 6) is 0.731. The Labute approximate surface area is 116 Å². The molecule has 0 aromatic carbocycles. The first-order valence-corrected chi connectivity index (χ1v) is 6.87. The Bertz CT molecular complexity index is 548. The van der Waals surface area contributed by atoms with E-state index in [-0.39, 0.29) is 5.91 Å². The normalized spacial score (nSPS) is 10.7. The lowest BCUT2D eigenvalue weighted by molar-refractivity contribution is 0.0779. The van der Waals surface area contributed by atoms with Crippen molar-refractivity contribution in [3.8, 4) is 0 Å². The van der Waals surface area contributed by atoms with Crippen LogP contribution >= 0.6 is 11.3 Å². The first kappa shape index (κ1) is 13.8. The highest BCUT2D eigenvalue weighted by Crippen LogP contribution is 2.20. The largest absolute Gasteiger partial charge is 0.467 e. The fraction of sp³-hybridized carbons (Fsp3) is 0.385. The molecule has 5 nitrogen and oxygen atoms in total. The van der Waals surface area contributed by atoms with Crippen LogP contribution < -0.4 is 5.73 Å². The zero-order chi connectivity index (χ0) is 13.8. The lowest BCUT2D eigenvalue weighted by Gasteiger charge is -2.14. The number of carbonyl (C=O) groups is 1. The molecule has 1 amide bonds. The number of hydrogen-bond donors (Lipinski definition) is 1. The number of hydrogen-bond acceptors (Lipinski definition) is 5. The standard InChI is InChI=1S/C13H17N3O2S/c1-9-12(19-11(15-9)5-6-14)13(17)16(2)8-10-4-3-7-18-10/h3-4,7H,5-6,8,14H2,1-2H3. The van der Waals surface area contributed by atoms with Crippen LogP contribution in [-0.4, -0.2) is 29.4 Å². The van der Waals surface area contributed by atoms with Gasteiger partial charge in [0, 0.05) is 13.5 Å². The number of amides is 1. The van der Waals surface area contributed by atoms with Crippen molar-refractivity contribution in [2.45, 2.75) is 19.9 Å². The van der Waals surface area contributed by atoms with Crippen molar-refractivity contribution in [3.63, 3.8) is 0 Å². The van der Waals surface area contributed by atoms with E-state index in [9.17, 15) is 4.79 Å². The minimum atomic E-state index is -0.0327. The van der Waals surface area contributed by atoms with Crippen molar-refractivity contribution in [1.29, 1.82) is 0 Å². The maximum Gasteiger partial charge on any atom is 0.266 e. The number of furan rings is 1. The van der Waals surface area contributed by atoms with Crippen LogP contribution in [0.3, 0.4) is 0 Å². The Morgan fingerprint density at radius 3 is 3.00 bits per heavy atom. The van der Waals surface area contributed by atoms with Crippen LogP contribution in [0.5, 0.6) is 0 Å². The number of nitrogens with two attached hydrogens (primary N) is 1. The van der Waals surface area contributed by atoms with E-state index in [1.54, 1.807) is 18.2 Å². The Morgan fingerprint density at radius 2 is 2.37 bits per heavy atom. The van der Waals surface area contributed by atoms with Gasteiger partial charge in [-0.25, -0.2) is 4.98 Å². The second-order valence-electron chi connectivity index (χ2n) is 4.30. The molecule has 102 valence electrons. The summed E-state index contributed by atoms with van der Waals surface area (Å²) in [7, 11) is 1.76. The van der Waals surface area contributed by atoms with Crippen LogP contribution in [0.1, 0.15) is 26.1 Å². The molecule has 6 heteroatoms. The predicted octanol–water partition coefficient (Wildman–Crippen LogP) is 1.82. The third-order valence-electron chi connectivity index (χ3n) is 2.71. The first-order valence-electron chi connectivity index (χ1n) is 6.06. The first-order chi connectivity index (χ1) is 9.11. The molecule has 0 aliphatic carbocycles. The average Bonchev–Trinajstić information content (AvgIpc) is 2.99. The third-order valence-corrected chi connectivity index (χ3v) is 3.92. The van der Waals surface area contributed by atoms with Gasteiger partial charge in [0.2, 0.25) is 0 Å². The fourth-order valence-electron chi connectivity index (χ4n) is 1.76. The molecule has 0 aliphatic heterocycles. The Morgan fingerprint density at radius 1 is 1.58 bits per heavy atom. The molecule has 0 radical (unpaired) electrons. The zero-order valence-electron chi connectivity index (χ0n) is 11.0. The number of aryl methyl sites for hydroxylation is 1. The van der Waals surface area contributed by atoms with Crippen LogP contribution in [0.15, 0.2) is 22.8 Å². The number of nitrogens with zero attached hydrogens (tertiary/aromatic N) is 2. The Kier molecular flexibility index (Phi) is 4.34. The van der Waals surface area contributed by atoms with Gasteiger partial charge in [0.1, 0.15) is 10.6 Å². The maximum absolute atomic E-state index is 12.3. The molecule has 2 aromatic heterocycles. The van der Waals surface area contributed by atoms with Crippen LogP contribution in [-0.2, 0) is 13.0 Å². The van der Waals surface area contributed by atoms with Crippen LogP contribution in [0.4, 0.5) is 0 Å². The van der Waals surface area contributed by atoms with Crippen LogP contribution in [0.25, 0.3) is 0 Å². The minimum absolute atomic E-state index is 0.0327. The van der Waals surface area contributed by atoms with E-state index < -0.39 is 0 Å². The number of rotatable bonds is 5. The van der Waals surface area contributed by atoms with Gasteiger partial charge in [-0.1, -0.05) is 0 Å². The van der Waals surface area contributed by atoms with Crippen LogP contribution in [0.2, 0.25) is 0 Å². The fourth-order valence-corrected chi connectivity index (χ4v) is 2.84. The van der Waals surface area contributed by atoms with E-state index in [0.717, 1.165) is 16.5 Å². The van der Waals surface area contributed by atoms with Gasteiger partial charge in [-0.3, -0.25) is 4.79 Å². The van der Waals surface area contributed by atoms with Gasteiger partial charge in [-0.2, -0.15) is 0 Å². The molecule has 0 saturated heterocycles. The number of aromatic nitrogens is 1. The highest BCUT2D eigenvalue weighted by Gasteiger charge is 2.19. The Hall–Kier alpha value is -1.66. The highest BCUT2D eigenvalue weighted by atomic mass is 32.1. The van der Waals surface area contributed by atoms with E-state index in [1.807, 2.05) is 19.1 Å². The van der Waals surface area contributed by atoms with E-state index in [4.69, 9.17) is 10.2 Å². The molecule has 2 N–H and O–H groups in total. The second-order valence-corrected chi connectivity index (χ2v) is 5.39. The molecule has 0 atom stereocenters. The monoisotopic (exact) mass is 279 g/mol. The average molecular weight is 279 g/mol. The minimum Gasteiger partial charge on any atom is -0.467 e. The van der Waals surface area contributed by atoms with Gasteiger partial charge in [-0.05, 0) is 25.6 Å².